The Bertz CT molecular complexity index is 647. The largest absolute Gasteiger partial charge is 0.450 e. The van der Waals surface area contributed by atoms with Crippen LogP contribution < -0.4 is 10.1 Å². The number of nitro benzene ring substituents is 1. The van der Waals surface area contributed by atoms with Crippen LogP contribution in [0.5, 0.6) is 11.5 Å². The number of ether oxygens (including phenoxy) is 1. The van der Waals surface area contributed by atoms with Crippen molar-refractivity contribution < 1.29 is 14.1 Å². The minimum atomic E-state index is -0.779. The van der Waals surface area contributed by atoms with Gasteiger partial charge < -0.3 is 10.1 Å². The van der Waals surface area contributed by atoms with Gasteiger partial charge in [-0.1, -0.05) is 11.6 Å². The zero-order valence-electron chi connectivity index (χ0n) is 10.4. The summed E-state index contributed by atoms with van der Waals surface area (Å²) in [6.45, 7) is 0. The van der Waals surface area contributed by atoms with Gasteiger partial charge in [-0.05, 0) is 24.3 Å². The molecule has 0 aliphatic rings. The van der Waals surface area contributed by atoms with Crippen molar-refractivity contribution in [1.29, 1.82) is 0 Å². The Morgan fingerprint density at radius 2 is 1.95 bits per heavy atom. The van der Waals surface area contributed by atoms with Crippen LogP contribution in [0.15, 0.2) is 36.4 Å². The molecule has 2 rings (SSSR count). The lowest BCUT2D eigenvalue weighted by molar-refractivity contribution is -0.385. The molecule has 0 aliphatic carbocycles. The first-order valence-corrected chi connectivity index (χ1v) is 5.98. The second-order valence-electron chi connectivity index (χ2n) is 3.87. The van der Waals surface area contributed by atoms with Crippen molar-refractivity contribution in [3.8, 4) is 11.5 Å². The van der Waals surface area contributed by atoms with Crippen LogP contribution in [0.25, 0.3) is 0 Å². The van der Waals surface area contributed by atoms with Crippen molar-refractivity contribution >= 4 is 23.0 Å². The molecule has 104 valence electrons. The molecular weight excluding hydrogens is 287 g/mol. The number of nitro groups is 1. The van der Waals surface area contributed by atoms with Crippen LogP contribution in [-0.4, -0.2) is 12.0 Å². The van der Waals surface area contributed by atoms with Gasteiger partial charge >= 0.3 is 5.69 Å². The minimum absolute atomic E-state index is 0.200. The quantitative estimate of drug-likeness (QED) is 0.677. The Morgan fingerprint density at radius 3 is 2.50 bits per heavy atom. The van der Waals surface area contributed by atoms with Gasteiger partial charge in [0.1, 0.15) is 11.6 Å². The number of nitrogens with one attached hydrogen (secondary N) is 1. The first-order valence-electron chi connectivity index (χ1n) is 5.60. The summed E-state index contributed by atoms with van der Waals surface area (Å²) in [7, 11) is 1.76. The van der Waals surface area contributed by atoms with Crippen LogP contribution >= 0.6 is 11.6 Å². The van der Waals surface area contributed by atoms with E-state index >= 15 is 0 Å². The Morgan fingerprint density at radius 1 is 1.30 bits per heavy atom. The predicted molar refractivity (Wildman–Crippen MR) is 74.1 cm³/mol. The van der Waals surface area contributed by atoms with E-state index in [4.69, 9.17) is 16.3 Å². The maximum Gasteiger partial charge on any atom is 0.313 e. The molecule has 0 saturated heterocycles. The summed E-state index contributed by atoms with van der Waals surface area (Å²) in [4.78, 5) is 10.2. The lowest BCUT2D eigenvalue weighted by Crippen LogP contribution is -1.95. The molecule has 0 aromatic heterocycles. The lowest BCUT2D eigenvalue weighted by atomic mass is 10.2. The molecule has 0 spiro atoms. The van der Waals surface area contributed by atoms with Gasteiger partial charge in [-0.2, -0.15) is 0 Å². The fraction of sp³-hybridized carbons (Fsp3) is 0.0769. The zero-order valence-corrected chi connectivity index (χ0v) is 11.1. The molecule has 0 amide bonds. The van der Waals surface area contributed by atoms with E-state index in [-0.39, 0.29) is 10.8 Å². The SMILES string of the molecule is CNc1ccc(Oc2cc(F)c(Cl)cc2[N+](=O)[O-])cc1. The second-order valence-corrected chi connectivity index (χ2v) is 4.27. The van der Waals surface area contributed by atoms with Crippen molar-refractivity contribution in [2.75, 3.05) is 12.4 Å². The average molecular weight is 297 g/mol. The molecule has 0 radical (unpaired) electrons. The monoisotopic (exact) mass is 296 g/mol. The van der Waals surface area contributed by atoms with E-state index in [1.165, 1.54) is 0 Å². The van der Waals surface area contributed by atoms with Crippen LogP contribution in [-0.2, 0) is 0 Å². The number of anilines is 1. The van der Waals surface area contributed by atoms with Crippen molar-refractivity contribution in [1.82, 2.24) is 0 Å². The van der Waals surface area contributed by atoms with Gasteiger partial charge in [-0.15, -0.1) is 0 Å². The number of rotatable bonds is 4. The highest BCUT2D eigenvalue weighted by Gasteiger charge is 2.19. The molecule has 7 heteroatoms. The van der Waals surface area contributed by atoms with Gasteiger partial charge in [0.25, 0.3) is 0 Å². The molecule has 1 N–H and O–H groups in total. The van der Waals surface area contributed by atoms with Gasteiger partial charge in [-0.25, -0.2) is 4.39 Å². The number of nitrogens with zero attached hydrogens (tertiary/aromatic N) is 1. The summed E-state index contributed by atoms with van der Waals surface area (Å²) >= 11 is 5.53. The summed E-state index contributed by atoms with van der Waals surface area (Å²) < 4.78 is 18.7. The Kier molecular flexibility index (Phi) is 4.05. The third kappa shape index (κ3) is 2.97. The smallest absolute Gasteiger partial charge is 0.313 e. The van der Waals surface area contributed by atoms with Gasteiger partial charge in [0, 0.05) is 24.9 Å². The molecule has 0 fully saturated rings. The van der Waals surface area contributed by atoms with Gasteiger partial charge in [0.2, 0.25) is 5.75 Å². The second kappa shape index (κ2) is 5.75. The molecule has 20 heavy (non-hydrogen) atoms. The highest BCUT2D eigenvalue weighted by atomic mass is 35.5. The van der Waals surface area contributed by atoms with E-state index in [0.717, 1.165) is 17.8 Å². The molecular formula is C13H10ClFN2O3. The van der Waals surface area contributed by atoms with Crippen LogP contribution in [0.1, 0.15) is 0 Å². The van der Waals surface area contributed by atoms with Gasteiger partial charge in [0.05, 0.1) is 9.95 Å². The number of benzene rings is 2. The van der Waals surface area contributed by atoms with Crippen molar-refractivity contribution in [2.45, 2.75) is 0 Å². The molecule has 0 saturated carbocycles. The van der Waals surface area contributed by atoms with Gasteiger partial charge in [-0.3, -0.25) is 10.1 Å². The van der Waals surface area contributed by atoms with Crippen LogP contribution in [0.2, 0.25) is 5.02 Å². The third-order valence-electron chi connectivity index (χ3n) is 2.57. The first kappa shape index (κ1) is 14.1. The predicted octanol–water partition coefficient (Wildman–Crippen LogP) is 4.22. The van der Waals surface area contributed by atoms with E-state index in [0.29, 0.717) is 5.75 Å². The summed E-state index contributed by atoms with van der Waals surface area (Å²) in [6.07, 6.45) is 0. The van der Waals surface area contributed by atoms with E-state index in [1.807, 2.05) is 0 Å². The number of hydrogen-bond acceptors (Lipinski definition) is 4. The molecule has 0 aliphatic heterocycles. The lowest BCUT2D eigenvalue weighted by Gasteiger charge is -2.08. The topological polar surface area (TPSA) is 64.4 Å². The standard InChI is InChI=1S/C13H10ClFN2O3/c1-16-8-2-4-9(5-3-8)20-13-7-11(15)10(14)6-12(13)17(18)19/h2-7,16H,1H3. The minimum Gasteiger partial charge on any atom is -0.450 e. The Labute approximate surface area is 119 Å². The third-order valence-corrected chi connectivity index (χ3v) is 2.86. The van der Waals surface area contributed by atoms with E-state index in [1.54, 1.807) is 31.3 Å². The van der Waals surface area contributed by atoms with E-state index in [9.17, 15) is 14.5 Å². The highest BCUT2D eigenvalue weighted by Crippen LogP contribution is 2.35. The van der Waals surface area contributed by atoms with Gasteiger partial charge in [0.15, 0.2) is 0 Å². The zero-order chi connectivity index (χ0) is 14.7. The van der Waals surface area contributed by atoms with Crippen LogP contribution in [0.4, 0.5) is 15.8 Å². The summed E-state index contributed by atoms with van der Waals surface area (Å²) in [5.74, 6) is -0.623. The molecule has 5 nitrogen and oxygen atoms in total. The maximum absolute atomic E-state index is 13.4. The van der Waals surface area contributed by atoms with Crippen molar-refractivity contribution in [3.63, 3.8) is 0 Å². The average Bonchev–Trinajstić information content (AvgIpc) is 2.43. The van der Waals surface area contributed by atoms with E-state index < -0.39 is 16.4 Å². The fourth-order valence-electron chi connectivity index (χ4n) is 1.56. The molecule has 2 aromatic carbocycles. The van der Waals surface area contributed by atoms with E-state index in [2.05, 4.69) is 5.32 Å². The molecule has 0 heterocycles. The summed E-state index contributed by atoms with van der Waals surface area (Å²) in [5, 5.41) is 13.5. The van der Waals surface area contributed by atoms with Crippen molar-refractivity contribution in [3.05, 3.63) is 57.4 Å². The highest BCUT2D eigenvalue weighted by molar-refractivity contribution is 6.31. The first-order chi connectivity index (χ1) is 9.51. The fourth-order valence-corrected chi connectivity index (χ4v) is 1.72. The van der Waals surface area contributed by atoms with Crippen molar-refractivity contribution in [2.24, 2.45) is 0 Å². The molecule has 0 unspecified atom stereocenters. The molecule has 2 aromatic rings. The molecule has 0 atom stereocenters. The Balaban J connectivity index is 2.36. The van der Waals surface area contributed by atoms with Crippen LogP contribution in [0.3, 0.4) is 0 Å². The number of halogens is 2. The summed E-state index contributed by atoms with van der Waals surface area (Å²) in [6, 6.07) is 8.51. The Hall–Kier alpha value is -2.34. The normalized spacial score (nSPS) is 10.2. The molecule has 0 bridgehead atoms. The number of hydrogen-bond donors (Lipinski definition) is 1. The summed E-state index contributed by atoms with van der Waals surface area (Å²) in [5.41, 5.74) is 0.461. The van der Waals surface area contributed by atoms with Crippen LogP contribution in [0, 0.1) is 15.9 Å². The maximum atomic E-state index is 13.4.